The van der Waals surface area contributed by atoms with E-state index in [4.69, 9.17) is 0 Å². The average molecular weight is 291 g/mol. The molecule has 1 aliphatic rings. The van der Waals surface area contributed by atoms with Crippen LogP contribution >= 0.6 is 0 Å². The molecule has 0 aliphatic carbocycles. The van der Waals surface area contributed by atoms with E-state index < -0.39 is 12.3 Å². The first kappa shape index (κ1) is 14.2. The molecule has 0 saturated heterocycles. The largest absolute Gasteiger partial charge is 0.239 e. The van der Waals surface area contributed by atoms with Gasteiger partial charge in [-0.15, -0.1) is 0 Å². The molecule has 0 saturated carbocycles. The van der Waals surface area contributed by atoms with E-state index in [1.165, 1.54) is 0 Å². The fourth-order valence-corrected chi connectivity index (χ4v) is 2.79. The van der Waals surface area contributed by atoms with E-state index in [-0.39, 0.29) is 17.7 Å². The summed E-state index contributed by atoms with van der Waals surface area (Å²) < 4.78 is 29.8. The minimum Gasteiger partial charge on any atom is -0.239 e. The number of halogens is 2. The van der Waals surface area contributed by atoms with Crippen molar-refractivity contribution in [1.82, 2.24) is 14.8 Å². The van der Waals surface area contributed by atoms with Gasteiger partial charge in [-0.25, -0.2) is 18.4 Å². The molecule has 1 aliphatic heterocycles. The second-order valence-corrected chi connectivity index (χ2v) is 5.51. The number of hydrogen-bond acceptors (Lipinski definition) is 2. The fourth-order valence-electron chi connectivity index (χ4n) is 2.79. The van der Waals surface area contributed by atoms with Crippen molar-refractivity contribution in [2.75, 3.05) is 0 Å². The summed E-state index contributed by atoms with van der Waals surface area (Å²) in [6.07, 6.45) is 0.0540. The fraction of sp³-hybridized carbons (Fsp3) is 0.500. The van der Waals surface area contributed by atoms with E-state index in [0.717, 1.165) is 18.4 Å². The third-order valence-corrected chi connectivity index (χ3v) is 3.96. The summed E-state index contributed by atoms with van der Waals surface area (Å²) in [4.78, 5) is 4.10. The van der Waals surface area contributed by atoms with Gasteiger partial charge >= 0.3 is 0 Å². The molecule has 3 rings (SSSR count). The van der Waals surface area contributed by atoms with Gasteiger partial charge in [0.1, 0.15) is 0 Å². The molecule has 0 radical (unpaired) electrons. The van der Waals surface area contributed by atoms with Gasteiger partial charge < -0.3 is 0 Å². The Balaban J connectivity index is 1.87. The molecule has 1 aromatic heterocycles. The lowest BCUT2D eigenvalue weighted by Gasteiger charge is -2.11. The predicted octanol–water partition coefficient (Wildman–Crippen LogP) is 4.48. The summed E-state index contributed by atoms with van der Waals surface area (Å²) in [7, 11) is 0. The topological polar surface area (TPSA) is 30.7 Å². The number of aromatic nitrogens is 3. The lowest BCUT2D eigenvalue weighted by atomic mass is 10.0. The molecule has 0 amide bonds. The van der Waals surface area contributed by atoms with Crippen LogP contribution in [0.15, 0.2) is 30.3 Å². The second-order valence-electron chi connectivity index (χ2n) is 5.51. The predicted molar refractivity (Wildman–Crippen MR) is 76.4 cm³/mol. The Kier molecular flexibility index (Phi) is 3.99. The van der Waals surface area contributed by atoms with E-state index >= 15 is 0 Å². The van der Waals surface area contributed by atoms with Crippen LogP contribution in [0.25, 0.3) is 0 Å². The van der Waals surface area contributed by atoms with Gasteiger partial charge in [0, 0.05) is 6.42 Å². The van der Waals surface area contributed by atoms with Crippen LogP contribution in [-0.4, -0.2) is 14.8 Å². The van der Waals surface area contributed by atoms with Crippen LogP contribution in [0.1, 0.15) is 68.2 Å². The van der Waals surface area contributed by atoms with E-state index in [0.29, 0.717) is 12.8 Å². The molecule has 0 spiro atoms. The summed E-state index contributed by atoms with van der Waals surface area (Å²) in [6.45, 7) is 2.01. The normalized spacial score (nSPS) is 22.2. The van der Waals surface area contributed by atoms with Crippen molar-refractivity contribution in [3.8, 4) is 0 Å². The number of benzene rings is 1. The van der Waals surface area contributed by atoms with Gasteiger partial charge in [-0.3, -0.25) is 0 Å². The first-order valence-electron chi connectivity index (χ1n) is 7.50. The van der Waals surface area contributed by atoms with E-state index in [9.17, 15) is 8.78 Å². The zero-order valence-electron chi connectivity index (χ0n) is 12.0. The van der Waals surface area contributed by atoms with Gasteiger partial charge in [0.2, 0.25) is 0 Å². The number of nitrogens with zero attached hydrogens (tertiary/aromatic N) is 3. The van der Waals surface area contributed by atoms with Crippen molar-refractivity contribution >= 4 is 0 Å². The molecule has 21 heavy (non-hydrogen) atoms. The van der Waals surface area contributed by atoms with Crippen LogP contribution in [-0.2, 0) is 0 Å². The molecule has 0 N–H and O–H groups in total. The lowest BCUT2D eigenvalue weighted by molar-refractivity contribution is 0.292. The number of hydrogen-bond donors (Lipinski definition) is 0. The van der Waals surface area contributed by atoms with Gasteiger partial charge in [-0.05, 0) is 12.0 Å². The summed E-state index contributed by atoms with van der Waals surface area (Å²) in [6, 6.07) is 9.45. The van der Waals surface area contributed by atoms with E-state index in [1.54, 1.807) is 4.68 Å². The van der Waals surface area contributed by atoms with Crippen LogP contribution in [0.4, 0.5) is 8.78 Å². The molecule has 3 nitrogen and oxygen atoms in total. The molecule has 3 unspecified atom stereocenters. The summed E-state index contributed by atoms with van der Waals surface area (Å²) in [5, 5.41) is 4.24. The van der Waals surface area contributed by atoms with Crippen molar-refractivity contribution in [2.45, 2.75) is 51.0 Å². The maximum Gasteiger partial charge on any atom is 0.185 e. The summed E-state index contributed by atoms with van der Waals surface area (Å²) >= 11 is 0. The SMILES string of the molecule is CCCCC(F)c1nc2n(n1)C(c1ccccc1)CC2F. The molecular weight excluding hydrogens is 272 g/mol. The highest BCUT2D eigenvalue weighted by atomic mass is 19.1. The molecule has 112 valence electrons. The van der Waals surface area contributed by atoms with Crippen molar-refractivity contribution in [1.29, 1.82) is 0 Å². The maximum atomic E-state index is 14.1. The molecule has 0 bridgehead atoms. The van der Waals surface area contributed by atoms with Crippen LogP contribution in [0.5, 0.6) is 0 Å². The van der Waals surface area contributed by atoms with Crippen LogP contribution in [0, 0.1) is 0 Å². The summed E-state index contributed by atoms with van der Waals surface area (Å²) in [5.74, 6) is 0.389. The smallest absolute Gasteiger partial charge is 0.185 e. The number of rotatable bonds is 5. The van der Waals surface area contributed by atoms with Gasteiger partial charge in [0.05, 0.1) is 6.04 Å². The highest BCUT2D eigenvalue weighted by Crippen LogP contribution is 2.40. The Bertz CT molecular complexity index is 597. The Morgan fingerprint density at radius 3 is 2.81 bits per heavy atom. The minimum atomic E-state index is -1.20. The lowest BCUT2D eigenvalue weighted by Crippen LogP contribution is -2.08. The quantitative estimate of drug-likeness (QED) is 0.813. The Morgan fingerprint density at radius 2 is 2.10 bits per heavy atom. The molecular formula is C16H19F2N3. The van der Waals surface area contributed by atoms with Crippen LogP contribution in [0.3, 0.4) is 0 Å². The highest BCUT2D eigenvalue weighted by molar-refractivity contribution is 5.23. The monoisotopic (exact) mass is 291 g/mol. The zero-order chi connectivity index (χ0) is 14.8. The third kappa shape index (κ3) is 2.69. The first-order valence-corrected chi connectivity index (χ1v) is 7.50. The van der Waals surface area contributed by atoms with Crippen molar-refractivity contribution in [3.63, 3.8) is 0 Å². The van der Waals surface area contributed by atoms with Crippen molar-refractivity contribution < 1.29 is 8.78 Å². The van der Waals surface area contributed by atoms with Gasteiger partial charge in [0.15, 0.2) is 24.0 Å². The zero-order valence-corrected chi connectivity index (χ0v) is 12.0. The van der Waals surface area contributed by atoms with Gasteiger partial charge in [0.25, 0.3) is 0 Å². The Hall–Kier alpha value is -1.78. The Morgan fingerprint density at radius 1 is 1.33 bits per heavy atom. The molecule has 3 atom stereocenters. The van der Waals surface area contributed by atoms with Gasteiger partial charge in [-0.2, -0.15) is 5.10 Å². The molecule has 2 heterocycles. The highest BCUT2D eigenvalue weighted by Gasteiger charge is 2.36. The minimum absolute atomic E-state index is 0.127. The Labute approximate surface area is 123 Å². The van der Waals surface area contributed by atoms with E-state index in [1.807, 2.05) is 37.3 Å². The van der Waals surface area contributed by atoms with Gasteiger partial charge in [-0.1, -0.05) is 50.1 Å². The standard InChI is InChI=1S/C16H19F2N3/c1-2-3-9-12(17)15-19-16-13(18)10-14(21(16)20-15)11-7-5-4-6-8-11/h4-8,12-14H,2-3,9-10H2,1H3. The average Bonchev–Trinajstić information content (AvgIpc) is 3.07. The van der Waals surface area contributed by atoms with E-state index in [2.05, 4.69) is 10.1 Å². The van der Waals surface area contributed by atoms with Crippen molar-refractivity contribution in [3.05, 3.63) is 47.5 Å². The number of fused-ring (bicyclic) bond motifs is 1. The van der Waals surface area contributed by atoms with Crippen molar-refractivity contribution in [2.24, 2.45) is 0 Å². The third-order valence-electron chi connectivity index (χ3n) is 3.96. The second kappa shape index (κ2) is 5.92. The summed E-state index contributed by atoms with van der Waals surface area (Å²) in [5.41, 5.74) is 0.985. The molecule has 1 aromatic carbocycles. The maximum absolute atomic E-state index is 14.1. The number of alkyl halides is 2. The first-order chi connectivity index (χ1) is 10.2. The van der Waals surface area contributed by atoms with Crippen LogP contribution < -0.4 is 0 Å². The number of unbranched alkanes of at least 4 members (excludes halogenated alkanes) is 1. The molecule has 0 fully saturated rings. The molecule has 5 heteroatoms. The molecule has 2 aromatic rings. The van der Waals surface area contributed by atoms with Crippen LogP contribution in [0.2, 0.25) is 0 Å².